The van der Waals surface area contributed by atoms with Gasteiger partial charge in [-0.3, -0.25) is 14.5 Å². The van der Waals surface area contributed by atoms with E-state index < -0.39 is 0 Å². The lowest BCUT2D eigenvalue weighted by Gasteiger charge is -2.35. The predicted molar refractivity (Wildman–Crippen MR) is 116 cm³/mol. The quantitative estimate of drug-likeness (QED) is 0.753. The Balaban J connectivity index is 1.29. The van der Waals surface area contributed by atoms with Gasteiger partial charge < -0.3 is 9.80 Å². The molecule has 2 fully saturated rings. The van der Waals surface area contributed by atoms with Crippen LogP contribution in [0.15, 0.2) is 48.5 Å². The first-order chi connectivity index (χ1) is 14.2. The summed E-state index contributed by atoms with van der Waals surface area (Å²) in [6, 6.07) is 14.3. The van der Waals surface area contributed by atoms with Crippen molar-refractivity contribution in [1.82, 2.24) is 14.7 Å². The highest BCUT2D eigenvalue weighted by atomic mass is 16.2. The van der Waals surface area contributed by atoms with Crippen LogP contribution in [0.3, 0.4) is 0 Å². The molecule has 0 bridgehead atoms. The van der Waals surface area contributed by atoms with Gasteiger partial charge in [-0.05, 0) is 41.7 Å². The van der Waals surface area contributed by atoms with E-state index in [2.05, 4.69) is 23.1 Å². The fourth-order valence-corrected chi connectivity index (χ4v) is 4.22. The molecule has 0 unspecified atom stereocenters. The smallest absolute Gasteiger partial charge is 0.246 e. The Morgan fingerprint density at radius 3 is 2.31 bits per heavy atom. The van der Waals surface area contributed by atoms with Crippen LogP contribution >= 0.6 is 0 Å². The van der Waals surface area contributed by atoms with E-state index in [0.717, 1.165) is 50.0 Å². The lowest BCUT2D eigenvalue weighted by molar-refractivity contribution is -0.134. The molecular formula is C24H29N3O2. The first-order valence-electron chi connectivity index (χ1n) is 10.7. The average Bonchev–Trinajstić information content (AvgIpc) is 2.78. The summed E-state index contributed by atoms with van der Waals surface area (Å²) in [5, 5.41) is 2.33. The van der Waals surface area contributed by atoms with Crippen molar-refractivity contribution >= 4 is 28.7 Å². The van der Waals surface area contributed by atoms with E-state index in [-0.39, 0.29) is 11.8 Å². The number of amides is 2. The van der Waals surface area contributed by atoms with Crippen molar-refractivity contribution in [2.75, 3.05) is 45.8 Å². The Bertz CT molecular complexity index is 889. The zero-order chi connectivity index (χ0) is 20.1. The van der Waals surface area contributed by atoms with E-state index in [4.69, 9.17) is 0 Å². The van der Waals surface area contributed by atoms with Gasteiger partial charge in [0.1, 0.15) is 0 Å². The van der Waals surface area contributed by atoms with Crippen molar-refractivity contribution in [1.29, 1.82) is 0 Å². The van der Waals surface area contributed by atoms with Gasteiger partial charge in [-0.1, -0.05) is 42.5 Å². The van der Waals surface area contributed by atoms with Crippen molar-refractivity contribution in [2.24, 2.45) is 0 Å². The first kappa shape index (κ1) is 19.6. The van der Waals surface area contributed by atoms with Gasteiger partial charge in [0, 0.05) is 45.3 Å². The Morgan fingerprint density at radius 2 is 1.52 bits per heavy atom. The summed E-state index contributed by atoms with van der Waals surface area (Å²) in [6.07, 6.45) is 7.07. The molecule has 0 spiro atoms. The zero-order valence-corrected chi connectivity index (χ0v) is 16.9. The van der Waals surface area contributed by atoms with Gasteiger partial charge >= 0.3 is 0 Å². The lowest BCUT2D eigenvalue weighted by Crippen LogP contribution is -2.51. The van der Waals surface area contributed by atoms with E-state index in [1.807, 2.05) is 40.1 Å². The number of rotatable bonds is 4. The minimum absolute atomic E-state index is 0.0416. The summed E-state index contributed by atoms with van der Waals surface area (Å²) < 4.78 is 0. The Kier molecular flexibility index (Phi) is 6.25. The van der Waals surface area contributed by atoms with Gasteiger partial charge in [0.25, 0.3) is 0 Å². The van der Waals surface area contributed by atoms with E-state index >= 15 is 0 Å². The molecule has 0 N–H and O–H groups in total. The summed E-state index contributed by atoms with van der Waals surface area (Å²) in [5.74, 6) is 0.278. The minimum Gasteiger partial charge on any atom is -0.342 e. The summed E-state index contributed by atoms with van der Waals surface area (Å²) in [6.45, 7) is 5.14. The first-order valence-corrected chi connectivity index (χ1v) is 10.7. The normalized spacial score (nSPS) is 18.5. The van der Waals surface area contributed by atoms with Crippen molar-refractivity contribution < 1.29 is 9.59 Å². The number of benzene rings is 2. The second kappa shape index (κ2) is 9.23. The molecule has 2 aliphatic heterocycles. The second-order valence-corrected chi connectivity index (χ2v) is 7.94. The topological polar surface area (TPSA) is 43.9 Å². The van der Waals surface area contributed by atoms with Gasteiger partial charge in [0.05, 0.1) is 6.54 Å². The fraction of sp³-hybridized carbons (Fsp3) is 0.417. The number of hydrogen-bond acceptors (Lipinski definition) is 3. The van der Waals surface area contributed by atoms with Crippen LogP contribution in [0.4, 0.5) is 0 Å². The number of nitrogens with zero attached hydrogens (tertiary/aromatic N) is 3. The highest BCUT2D eigenvalue weighted by Gasteiger charge is 2.24. The van der Waals surface area contributed by atoms with Crippen LogP contribution in [-0.2, 0) is 9.59 Å². The third-order valence-corrected chi connectivity index (χ3v) is 5.98. The SMILES string of the molecule is O=C(/C=C/c1cccc2ccccc12)N1CCN(CC(=O)N2CCCCC2)CC1. The molecule has 0 saturated carbocycles. The predicted octanol–water partition coefficient (Wildman–Crippen LogP) is 3.01. The number of likely N-dealkylation sites (tertiary alicyclic amines) is 1. The van der Waals surface area contributed by atoms with Crippen molar-refractivity contribution in [3.05, 3.63) is 54.1 Å². The molecule has 5 nitrogen and oxygen atoms in total. The molecule has 2 heterocycles. The standard InChI is InChI=1S/C24H29N3O2/c28-23(12-11-21-9-6-8-20-7-2-3-10-22(20)21)27-17-15-25(16-18-27)19-24(29)26-13-4-1-5-14-26/h2-3,6-12H,1,4-5,13-19H2/b12-11+. The molecule has 2 aliphatic rings. The molecule has 5 heteroatoms. The van der Waals surface area contributed by atoms with E-state index in [1.165, 1.54) is 11.8 Å². The van der Waals surface area contributed by atoms with Gasteiger partial charge in [-0.15, -0.1) is 0 Å². The number of fused-ring (bicyclic) bond motifs is 1. The fourth-order valence-electron chi connectivity index (χ4n) is 4.22. The van der Waals surface area contributed by atoms with E-state index in [9.17, 15) is 9.59 Å². The highest BCUT2D eigenvalue weighted by molar-refractivity contribution is 5.96. The summed E-state index contributed by atoms with van der Waals surface area (Å²) >= 11 is 0. The molecule has 152 valence electrons. The molecule has 2 amide bonds. The molecule has 2 saturated heterocycles. The average molecular weight is 392 g/mol. The van der Waals surface area contributed by atoms with Gasteiger partial charge in [-0.25, -0.2) is 0 Å². The van der Waals surface area contributed by atoms with Gasteiger partial charge in [0.15, 0.2) is 0 Å². The molecular weight excluding hydrogens is 362 g/mol. The largest absolute Gasteiger partial charge is 0.342 e. The zero-order valence-electron chi connectivity index (χ0n) is 16.9. The Hall–Kier alpha value is -2.66. The summed E-state index contributed by atoms with van der Waals surface area (Å²) in [7, 11) is 0. The number of piperidine rings is 1. The highest BCUT2D eigenvalue weighted by Crippen LogP contribution is 2.19. The number of carbonyl (C=O) groups excluding carboxylic acids is 2. The van der Waals surface area contributed by atoms with Crippen LogP contribution in [0.1, 0.15) is 24.8 Å². The van der Waals surface area contributed by atoms with Crippen LogP contribution in [0.5, 0.6) is 0 Å². The van der Waals surface area contributed by atoms with Crippen molar-refractivity contribution in [2.45, 2.75) is 19.3 Å². The molecule has 0 atom stereocenters. The maximum atomic E-state index is 12.6. The van der Waals surface area contributed by atoms with E-state index in [1.54, 1.807) is 6.08 Å². The molecule has 29 heavy (non-hydrogen) atoms. The third kappa shape index (κ3) is 4.85. The molecule has 2 aromatic rings. The summed E-state index contributed by atoms with van der Waals surface area (Å²) in [5.41, 5.74) is 1.06. The Labute approximate surface area is 172 Å². The molecule has 2 aromatic carbocycles. The third-order valence-electron chi connectivity index (χ3n) is 5.98. The number of carbonyl (C=O) groups is 2. The molecule has 0 aromatic heterocycles. The van der Waals surface area contributed by atoms with Crippen LogP contribution in [0.2, 0.25) is 0 Å². The Morgan fingerprint density at radius 1 is 0.793 bits per heavy atom. The molecule has 0 aliphatic carbocycles. The van der Waals surface area contributed by atoms with Crippen molar-refractivity contribution in [3.8, 4) is 0 Å². The lowest BCUT2D eigenvalue weighted by atomic mass is 10.0. The monoisotopic (exact) mass is 391 g/mol. The summed E-state index contributed by atoms with van der Waals surface area (Å²) in [4.78, 5) is 31.1. The van der Waals surface area contributed by atoms with E-state index in [0.29, 0.717) is 19.6 Å². The van der Waals surface area contributed by atoms with Crippen molar-refractivity contribution in [3.63, 3.8) is 0 Å². The molecule has 0 radical (unpaired) electrons. The maximum absolute atomic E-state index is 12.6. The van der Waals surface area contributed by atoms with Crippen LogP contribution in [0.25, 0.3) is 16.8 Å². The molecule has 4 rings (SSSR count). The van der Waals surface area contributed by atoms with Gasteiger partial charge in [-0.2, -0.15) is 0 Å². The second-order valence-electron chi connectivity index (χ2n) is 7.94. The van der Waals surface area contributed by atoms with Crippen LogP contribution < -0.4 is 0 Å². The van der Waals surface area contributed by atoms with Crippen LogP contribution in [0, 0.1) is 0 Å². The maximum Gasteiger partial charge on any atom is 0.246 e. The minimum atomic E-state index is 0.0416. The number of hydrogen-bond donors (Lipinski definition) is 0. The van der Waals surface area contributed by atoms with Crippen LogP contribution in [-0.4, -0.2) is 72.3 Å². The number of piperazine rings is 1. The van der Waals surface area contributed by atoms with Gasteiger partial charge in [0.2, 0.25) is 11.8 Å².